The molecule has 0 atom stereocenters. The maximum absolute atomic E-state index is 12.1. The summed E-state index contributed by atoms with van der Waals surface area (Å²) in [5, 5.41) is 0. The Labute approximate surface area is 84.8 Å². The number of halogens is 7. The summed E-state index contributed by atoms with van der Waals surface area (Å²) in [6.07, 6.45) is -6.64. The molecule has 0 aliphatic heterocycles. The summed E-state index contributed by atoms with van der Waals surface area (Å²) in [7, 11) is -5.91. The molecule has 0 heterocycles. The highest BCUT2D eigenvalue weighted by Gasteiger charge is 2.73. The van der Waals surface area contributed by atoms with Crippen LogP contribution < -0.4 is 6.15 Å². The minimum Gasteiger partial charge on any atom is -0.748 e. The van der Waals surface area contributed by atoms with Crippen LogP contribution in [0.2, 0.25) is 0 Å². The first-order valence-electron chi connectivity index (χ1n) is 2.97. The highest BCUT2D eigenvalue weighted by Crippen LogP contribution is 2.46. The maximum Gasteiger partial charge on any atom is 0.459 e. The molecule has 0 aromatic carbocycles. The Hall–Kier alpha value is -0.620. The van der Waals surface area contributed by atoms with Crippen LogP contribution >= 0.6 is 0 Å². The zero-order valence-electron chi connectivity index (χ0n) is 7.49. The van der Waals surface area contributed by atoms with Crippen molar-refractivity contribution in [2.24, 2.45) is 0 Å². The first kappa shape index (κ1) is 17.8. The summed E-state index contributed by atoms with van der Waals surface area (Å²) < 4.78 is 111. The van der Waals surface area contributed by atoms with Crippen LogP contribution in [-0.2, 0) is 10.1 Å². The molecule has 0 rings (SSSR count). The van der Waals surface area contributed by atoms with Crippen molar-refractivity contribution in [3.05, 3.63) is 0 Å². The first-order chi connectivity index (χ1) is 6.21. The number of hydrogen-bond acceptors (Lipinski definition) is 3. The molecule has 0 saturated heterocycles. The van der Waals surface area contributed by atoms with E-state index in [1.807, 2.05) is 0 Å². The molecular weight excluding hydrogens is 275 g/mol. The fraction of sp³-hybridized carbons (Fsp3) is 1.00. The number of rotatable bonds is 3. The van der Waals surface area contributed by atoms with Gasteiger partial charge in [0.25, 0.3) is 0 Å². The van der Waals surface area contributed by atoms with Crippen LogP contribution in [0.4, 0.5) is 30.7 Å². The Morgan fingerprint density at radius 2 is 1.25 bits per heavy atom. The zero-order valence-corrected chi connectivity index (χ0v) is 8.30. The topological polar surface area (TPSA) is 93.7 Å². The molecule has 0 fully saturated rings. The van der Waals surface area contributed by atoms with E-state index in [9.17, 15) is 43.7 Å². The van der Waals surface area contributed by atoms with Crippen molar-refractivity contribution in [2.45, 2.75) is 18.0 Å². The van der Waals surface area contributed by atoms with Crippen LogP contribution in [0.5, 0.6) is 0 Å². The van der Waals surface area contributed by atoms with Gasteiger partial charge in [-0.3, -0.25) is 0 Å². The fourth-order valence-electron chi connectivity index (χ4n) is 0.520. The maximum atomic E-state index is 12.1. The SMILES string of the molecule is O=S(=O)([O-])CC(F)(F)C(F)(F)C(F)(F)F.[NH4+]. The van der Waals surface area contributed by atoms with E-state index in [1.54, 1.807) is 0 Å². The van der Waals surface area contributed by atoms with Gasteiger partial charge in [-0.2, -0.15) is 30.7 Å². The normalized spacial score (nSPS) is 14.5. The van der Waals surface area contributed by atoms with Crippen LogP contribution in [0.1, 0.15) is 0 Å². The standard InChI is InChI=1S/C4H3F7O3S.H3N/c5-2(6,1-15(12,13)14)3(7,8)4(9,10)11;/h1H2,(H,12,13,14);1H3. The average Bonchev–Trinajstić information content (AvgIpc) is 1.77. The molecule has 12 heteroatoms. The Kier molecular flexibility index (Phi) is 4.81. The lowest BCUT2D eigenvalue weighted by Gasteiger charge is -2.28. The predicted molar refractivity (Wildman–Crippen MR) is 36.5 cm³/mol. The molecule has 0 unspecified atom stereocenters. The van der Waals surface area contributed by atoms with Crippen molar-refractivity contribution in [1.82, 2.24) is 6.15 Å². The lowest BCUT2D eigenvalue weighted by atomic mass is 10.2. The van der Waals surface area contributed by atoms with Crippen LogP contribution in [0.25, 0.3) is 0 Å². The molecule has 4 nitrogen and oxygen atoms in total. The first-order valence-corrected chi connectivity index (χ1v) is 4.54. The third-order valence-corrected chi connectivity index (χ3v) is 1.89. The molecule has 4 N–H and O–H groups in total. The highest BCUT2D eigenvalue weighted by atomic mass is 32.2. The molecule has 0 aromatic rings. The molecule has 0 aromatic heterocycles. The second kappa shape index (κ2) is 4.33. The third kappa shape index (κ3) is 3.75. The van der Waals surface area contributed by atoms with E-state index in [0.717, 1.165) is 0 Å². The molecule has 0 saturated carbocycles. The second-order valence-corrected chi connectivity index (χ2v) is 3.88. The summed E-state index contributed by atoms with van der Waals surface area (Å²) in [4.78, 5) is 0. The van der Waals surface area contributed by atoms with Gasteiger partial charge in [0.15, 0.2) is 0 Å². The average molecular weight is 281 g/mol. The number of alkyl halides is 7. The summed E-state index contributed by atoms with van der Waals surface area (Å²) >= 11 is 0. The van der Waals surface area contributed by atoms with Gasteiger partial charge in [-0.1, -0.05) is 0 Å². The van der Waals surface area contributed by atoms with Gasteiger partial charge in [-0.25, -0.2) is 8.42 Å². The largest absolute Gasteiger partial charge is 0.748 e. The smallest absolute Gasteiger partial charge is 0.459 e. The van der Waals surface area contributed by atoms with Gasteiger partial charge in [0.1, 0.15) is 15.9 Å². The molecule has 16 heavy (non-hydrogen) atoms. The lowest BCUT2D eigenvalue weighted by Crippen LogP contribution is -2.55. The Morgan fingerprint density at radius 3 is 1.44 bits per heavy atom. The van der Waals surface area contributed by atoms with Crippen molar-refractivity contribution >= 4 is 10.1 Å². The van der Waals surface area contributed by atoms with Crippen molar-refractivity contribution < 1.29 is 43.7 Å². The minimum absolute atomic E-state index is 0. The van der Waals surface area contributed by atoms with E-state index in [0.29, 0.717) is 0 Å². The molecule has 0 aliphatic rings. The van der Waals surface area contributed by atoms with E-state index in [2.05, 4.69) is 0 Å². The summed E-state index contributed by atoms with van der Waals surface area (Å²) in [6, 6.07) is 0. The minimum atomic E-state index is -6.64. The third-order valence-electron chi connectivity index (χ3n) is 1.17. The van der Waals surface area contributed by atoms with Crippen LogP contribution in [0.3, 0.4) is 0 Å². The van der Waals surface area contributed by atoms with Gasteiger partial charge in [0.05, 0.1) is 0 Å². The lowest BCUT2D eigenvalue weighted by molar-refractivity contribution is -0.348. The Balaban J connectivity index is 0. The zero-order chi connectivity index (χ0) is 12.7. The van der Waals surface area contributed by atoms with Crippen LogP contribution in [0.15, 0.2) is 0 Å². The van der Waals surface area contributed by atoms with E-state index < -0.39 is 33.9 Å². The van der Waals surface area contributed by atoms with Gasteiger partial charge in [-0.15, -0.1) is 0 Å². The van der Waals surface area contributed by atoms with Crippen molar-refractivity contribution in [1.29, 1.82) is 0 Å². The monoisotopic (exact) mass is 281 g/mol. The molecule has 0 spiro atoms. The fourth-order valence-corrected chi connectivity index (χ4v) is 1.15. The van der Waals surface area contributed by atoms with Crippen LogP contribution in [0, 0.1) is 0 Å². The van der Waals surface area contributed by atoms with Crippen molar-refractivity contribution in [3.8, 4) is 0 Å². The number of hydrogen-bond donors (Lipinski definition) is 1. The van der Waals surface area contributed by atoms with Gasteiger partial charge < -0.3 is 10.7 Å². The van der Waals surface area contributed by atoms with E-state index in [4.69, 9.17) is 0 Å². The van der Waals surface area contributed by atoms with Gasteiger partial charge in [0.2, 0.25) is 0 Å². The molecule has 100 valence electrons. The summed E-state index contributed by atoms with van der Waals surface area (Å²) in [6.45, 7) is 0. The molecule has 0 radical (unpaired) electrons. The van der Waals surface area contributed by atoms with Crippen LogP contribution in [-0.4, -0.2) is 36.7 Å². The quantitative estimate of drug-likeness (QED) is 0.630. The van der Waals surface area contributed by atoms with E-state index >= 15 is 0 Å². The molecule has 0 bridgehead atoms. The van der Waals surface area contributed by atoms with Crippen molar-refractivity contribution in [3.63, 3.8) is 0 Å². The van der Waals surface area contributed by atoms with Gasteiger partial charge in [-0.05, 0) is 0 Å². The summed E-state index contributed by atoms with van der Waals surface area (Å²) in [5.41, 5.74) is 0. The second-order valence-electron chi connectivity index (χ2n) is 2.48. The highest BCUT2D eigenvalue weighted by molar-refractivity contribution is 7.85. The Bertz CT molecular complexity index is 334. The molecule has 0 aliphatic carbocycles. The van der Waals surface area contributed by atoms with Gasteiger partial charge >= 0.3 is 18.0 Å². The van der Waals surface area contributed by atoms with E-state index in [1.165, 1.54) is 0 Å². The number of quaternary nitrogens is 1. The van der Waals surface area contributed by atoms with E-state index in [-0.39, 0.29) is 6.15 Å². The molecular formula is C4H6F7NO3S. The van der Waals surface area contributed by atoms with Gasteiger partial charge in [0, 0.05) is 0 Å². The predicted octanol–water partition coefficient (Wildman–Crippen LogP) is 1.74. The summed E-state index contributed by atoms with van der Waals surface area (Å²) in [5.74, 6) is -15.7. The molecule has 0 amide bonds. The Morgan fingerprint density at radius 1 is 0.938 bits per heavy atom. The van der Waals surface area contributed by atoms with Crippen molar-refractivity contribution in [2.75, 3.05) is 5.75 Å².